The normalized spacial score (nSPS) is 20.6. The second-order valence-electron chi connectivity index (χ2n) is 1.50. The summed E-state index contributed by atoms with van der Waals surface area (Å²) in [6.45, 7) is 0. The van der Waals surface area contributed by atoms with Crippen molar-refractivity contribution in [1.29, 1.82) is 0 Å². The average molecular weight is 144 g/mol. The molecule has 48 valence electrons. The molecule has 0 bridgehead atoms. The maximum Gasteiger partial charge on any atom is 0.365 e. The highest BCUT2D eigenvalue weighted by Crippen LogP contribution is 2.19. The van der Waals surface area contributed by atoms with Crippen LogP contribution in [-0.4, -0.2) is 28.5 Å². The zero-order valence-corrected chi connectivity index (χ0v) is 5.25. The molecule has 0 spiro atoms. The van der Waals surface area contributed by atoms with E-state index in [4.69, 9.17) is 5.11 Å². The van der Waals surface area contributed by atoms with Gasteiger partial charge in [-0.1, -0.05) is 0 Å². The van der Waals surface area contributed by atoms with Crippen LogP contribution in [0.5, 0.6) is 0 Å². The molecule has 1 aliphatic rings. The SMILES string of the molecule is O=C(O)C1(S)N=CC=N1. The van der Waals surface area contributed by atoms with Gasteiger partial charge >= 0.3 is 5.97 Å². The van der Waals surface area contributed by atoms with Gasteiger partial charge in [0.2, 0.25) is 0 Å². The van der Waals surface area contributed by atoms with Gasteiger partial charge in [0.25, 0.3) is 4.99 Å². The van der Waals surface area contributed by atoms with E-state index in [9.17, 15) is 4.79 Å². The van der Waals surface area contributed by atoms with Gasteiger partial charge in [0.05, 0.1) is 0 Å². The van der Waals surface area contributed by atoms with E-state index in [0.29, 0.717) is 0 Å². The quantitative estimate of drug-likeness (QED) is 0.501. The largest absolute Gasteiger partial charge is 0.477 e. The van der Waals surface area contributed by atoms with Gasteiger partial charge in [-0.2, -0.15) is 0 Å². The first-order chi connectivity index (χ1) is 4.15. The molecule has 9 heavy (non-hydrogen) atoms. The van der Waals surface area contributed by atoms with Crippen molar-refractivity contribution in [3.8, 4) is 0 Å². The lowest BCUT2D eigenvalue weighted by Gasteiger charge is -2.07. The van der Waals surface area contributed by atoms with Crippen molar-refractivity contribution < 1.29 is 9.90 Å². The van der Waals surface area contributed by atoms with Gasteiger partial charge in [0.15, 0.2) is 0 Å². The molecule has 0 amide bonds. The van der Waals surface area contributed by atoms with Crippen molar-refractivity contribution in [2.24, 2.45) is 9.98 Å². The molecule has 0 aromatic rings. The third-order valence-corrected chi connectivity index (χ3v) is 1.28. The first-order valence-electron chi connectivity index (χ1n) is 2.20. The van der Waals surface area contributed by atoms with Crippen molar-refractivity contribution in [2.45, 2.75) is 4.99 Å². The number of aliphatic carboxylic acids is 1. The lowest BCUT2D eigenvalue weighted by molar-refractivity contribution is -0.139. The third kappa shape index (κ3) is 0.951. The Kier molecular flexibility index (Phi) is 1.28. The summed E-state index contributed by atoms with van der Waals surface area (Å²) in [4.78, 5) is 15.6. The van der Waals surface area contributed by atoms with Crippen LogP contribution in [0.3, 0.4) is 0 Å². The van der Waals surface area contributed by atoms with Gasteiger partial charge in [-0.05, 0) is 0 Å². The lowest BCUT2D eigenvalue weighted by atomic mass is 10.5. The molecule has 1 N–H and O–H groups in total. The molecule has 4 nitrogen and oxygen atoms in total. The molecule has 0 saturated carbocycles. The number of hydrogen-bond acceptors (Lipinski definition) is 4. The minimum Gasteiger partial charge on any atom is -0.477 e. The van der Waals surface area contributed by atoms with E-state index < -0.39 is 11.0 Å². The maximum atomic E-state index is 10.2. The summed E-state index contributed by atoms with van der Waals surface area (Å²) in [6.07, 6.45) is 2.61. The van der Waals surface area contributed by atoms with Crippen molar-refractivity contribution in [1.82, 2.24) is 0 Å². The van der Waals surface area contributed by atoms with Crippen LogP contribution >= 0.6 is 12.6 Å². The van der Waals surface area contributed by atoms with Gasteiger partial charge in [-0.15, -0.1) is 12.6 Å². The molecule has 1 rings (SSSR count). The van der Waals surface area contributed by atoms with E-state index in [1.54, 1.807) is 0 Å². The first-order valence-corrected chi connectivity index (χ1v) is 2.65. The lowest BCUT2D eigenvalue weighted by Crippen LogP contribution is -2.25. The van der Waals surface area contributed by atoms with Crippen molar-refractivity contribution in [3.05, 3.63) is 0 Å². The molecule has 0 saturated heterocycles. The molecule has 0 unspecified atom stereocenters. The highest BCUT2D eigenvalue weighted by molar-refractivity contribution is 7.82. The predicted octanol–water partition coefficient (Wildman–Crippen LogP) is -0.190. The Morgan fingerprint density at radius 1 is 1.56 bits per heavy atom. The monoisotopic (exact) mass is 144 g/mol. The van der Waals surface area contributed by atoms with E-state index >= 15 is 0 Å². The van der Waals surface area contributed by atoms with Gasteiger partial charge in [0, 0.05) is 12.4 Å². The number of nitrogens with zero attached hydrogens (tertiary/aromatic N) is 2. The molecular weight excluding hydrogens is 140 g/mol. The van der Waals surface area contributed by atoms with Crippen LogP contribution in [0, 0.1) is 0 Å². The zero-order chi connectivity index (χ0) is 6.91. The van der Waals surface area contributed by atoms with Crippen LogP contribution in [0.1, 0.15) is 0 Å². The fourth-order valence-corrected chi connectivity index (χ4v) is 0.552. The summed E-state index contributed by atoms with van der Waals surface area (Å²) in [5.41, 5.74) is 0. The summed E-state index contributed by atoms with van der Waals surface area (Å²) >= 11 is 3.68. The fraction of sp³-hybridized carbons (Fsp3) is 0.250. The van der Waals surface area contributed by atoms with E-state index in [-0.39, 0.29) is 0 Å². The smallest absolute Gasteiger partial charge is 0.365 e. The molecule has 1 aliphatic heterocycles. The Morgan fingerprint density at radius 2 is 2.00 bits per heavy atom. The summed E-state index contributed by atoms with van der Waals surface area (Å²) < 4.78 is 0. The van der Waals surface area contributed by atoms with Crippen LogP contribution in [-0.2, 0) is 4.79 Å². The van der Waals surface area contributed by atoms with Gasteiger partial charge in [-0.3, -0.25) is 0 Å². The predicted molar refractivity (Wildman–Crippen MR) is 36.3 cm³/mol. The number of thiol groups is 1. The van der Waals surface area contributed by atoms with Crippen molar-refractivity contribution in [2.75, 3.05) is 0 Å². The number of hydrogen-bond donors (Lipinski definition) is 2. The summed E-state index contributed by atoms with van der Waals surface area (Å²) in [6, 6.07) is 0. The van der Waals surface area contributed by atoms with Gasteiger partial charge in [-0.25, -0.2) is 14.8 Å². The van der Waals surface area contributed by atoms with Crippen LogP contribution in [0.15, 0.2) is 9.98 Å². The third-order valence-electron chi connectivity index (χ3n) is 0.863. The molecule has 0 aromatic heterocycles. The Labute approximate surface area is 56.7 Å². The topological polar surface area (TPSA) is 62.0 Å². The highest BCUT2D eigenvalue weighted by Gasteiger charge is 2.33. The molecule has 0 atom stereocenters. The fourth-order valence-electron chi connectivity index (χ4n) is 0.418. The Balaban J connectivity index is 2.88. The second-order valence-corrected chi connectivity index (χ2v) is 2.12. The Bertz CT molecular complexity index is 187. The first kappa shape index (κ1) is 6.28. The van der Waals surface area contributed by atoms with Crippen LogP contribution in [0.25, 0.3) is 0 Å². The van der Waals surface area contributed by atoms with E-state index in [1.807, 2.05) is 0 Å². The number of carboxylic acid groups (broad SMARTS) is 1. The summed E-state index contributed by atoms with van der Waals surface area (Å²) in [5.74, 6) is -1.16. The standard InChI is InChI=1S/C4H4N2O2S/c7-3(8)4(9)5-1-2-6-4/h1-2,9H,(H,7,8). The van der Waals surface area contributed by atoms with Crippen molar-refractivity contribution in [3.63, 3.8) is 0 Å². The molecule has 1 heterocycles. The number of carboxylic acids is 1. The van der Waals surface area contributed by atoms with Crippen LogP contribution < -0.4 is 0 Å². The molecule has 0 aliphatic carbocycles. The van der Waals surface area contributed by atoms with Gasteiger partial charge < -0.3 is 5.11 Å². The van der Waals surface area contributed by atoms with Gasteiger partial charge in [0.1, 0.15) is 0 Å². The maximum absolute atomic E-state index is 10.2. The minimum absolute atomic E-state index is 1.16. The highest BCUT2D eigenvalue weighted by atomic mass is 32.1. The summed E-state index contributed by atoms with van der Waals surface area (Å²) in [5, 5.41) is 8.37. The summed E-state index contributed by atoms with van der Waals surface area (Å²) in [7, 11) is 0. The molecular formula is C4H4N2O2S. The average Bonchev–Trinajstić information content (AvgIpc) is 2.16. The minimum atomic E-state index is -1.56. The molecule has 0 radical (unpaired) electrons. The van der Waals surface area contributed by atoms with E-state index in [2.05, 4.69) is 22.6 Å². The van der Waals surface area contributed by atoms with E-state index in [0.717, 1.165) is 0 Å². The zero-order valence-electron chi connectivity index (χ0n) is 4.35. The van der Waals surface area contributed by atoms with E-state index in [1.165, 1.54) is 12.4 Å². The number of aliphatic imine (C=N–C) groups is 2. The number of rotatable bonds is 1. The molecule has 0 fully saturated rings. The van der Waals surface area contributed by atoms with Crippen LogP contribution in [0.4, 0.5) is 0 Å². The number of carbonyl (C=O) groups is 1. The molecule has 5 heteroatoms. The Morgan fingerprint density at radius 3 is 2.22 bits per heavy atom. The Hall–Kier alpha value is -0.840. The second kappa shape index (κ2) is 1.84. The van der Waals surface area contributed by atoms with Crippen LogP contribution in [0.2, 0.25) is 0 Å². The molecule has 0 aromatic carbocycles. The van der Waals surface area contributed by atoms with Crippen molar-refractivity contribution >= 4 is 31.0 Å².